The van der Waals surface area contributed by atoms with Crippen molar-refractivity contribution in [2.75, 3.05) is 23.4 Å². The third-order valence-corrected chi connectivity index (χ3v) is 11.8. The van der Waals surface area contributed by atoms with Crippen LogP contribution in [0.5, 0.6) is 0 Å². The molecule has 4 aliphatic rings. The number of allylic oxidation sites excluding steroid dienone is 2. The minimum absolute atomic E-state index is 0.314. The van der Waals surface area contributed by atoms with Crippen LogP contribution in [0.2, 0.25) is 0 Å². The van der Waals surface area contributed by atoms with Gasteiger partial charge in [0.25, 0.3) is 5.91 Å². The van der Waals surface area contributed by atoms with Crippen molar-refractivity contribution in [3.8, 4) is 6.07 Å². The maximum Gasteiger partial charge on any atom is 0.271 e. The number of amides is 1. The van der Waals surface area contributed by atoms with Crippen LogP contribution in [-0.2, 0) is 24.8 Å². The van der Waals surface area contributed by atoms with Crippen LogP contribution in [0.3, 0.4) is 0 Å². The summed E-state index contributed by atoms with van der Waals surface area (Å²) < 4.78 is 50.7. The number of benzene rings is 1. The van der Waals surface area contributed by atoms with E-state index in [9.17, 15) is 21.6 Å². The second-order valence-corrected chi connectivity index (χ2v) is 14.6. The van der Waals surface area contributed by atoms with Crippen molar-refractivity contribution in [3.05, 3.63) is 47.2 Å². The predicted molar refractivity (Wildman–Crippen MR) is 141 cm³/mol. The smallest absolute Gasteiger partial charge is 0.271 e. The van der Waals surface area contributed by atoms with E-state index < -0.39 is 26.0 Å². The molecule has 9 nitrogen and oxygen atoms in total. The van der Waals surface area contributed by atoms with Gasteiger partial charge in [-0.15, -0.1) is 4.13 Å². The van der Waals surface area contributed by atoms with E-state index in [0.29, 0.717) is 28.9 Å². The van der Waals surface area contributed by atoms with E-state index >= 15 is 0 Å². The lowest BCUT2D eigenvalue weighted by Crippen LogP contribution is -2.43. The Hall–Kier alpha value is -2.68. The summed E-state index contributed by atoms with van der Waals surface area (Å²) >= 11 is 0. The molecule has 0 aromatic heterocycles. The minimum Gasteiger partial charge on any atom is -0.379 e. The SMILES string of the molecule is N#CC1C=C(C(=O)Nc2ccc(C3CS(=O)(=O)NS(=O)(=O)C3)cc2C2=CCC3(CCCCC3)CC2)NC1. The molecule has 5 rings (SSSR count). The van der Waals surface area contributed by atoms with Crippen molar-refractivity contribution in [3.63, 3.8) is 0 Å². The van der Waals surface area contributed by atoms with Gasteiger partial charge in [-0.2, -0.15) is 5.26 Å². The Balaban J connectivity index is 1.48. The molecule has 1 aromatic carbocycles. The number of nitrogens with zero attached hydrogens (tertiary/aromatic N) is 1. The normalized spacial score (nSPS) is 26.4. The maximum absolute atomic E-state index is 13.0. The number of carbonyl (C=O) groups excluding carboxylic acids is 1. The molecule has 2 fully saturated rings. The first kappa shape index (κ1) is 25.9. The summed E-state index contributed by atoms with van der Waals surface area (Å²) in [7, 11) is -7.91. The first-order valence-corrected chi connectivity index (χ1v) is 16.1. The number of carbonyl (C=O) groups is 1. The van der Waals surface area contributed by atoms with Crippen LogP contribution in [-0.4, -0.2) is 40.8 Å². The van der Waals surface area contributed by atoms with E-state index in [4.69, 9.17) is 5.26 Å². The van der Waals surface area contributed by atoms with Gasteiger partial charge in [0, 0.05) is 23.7 Å². The number of sulfonamides is 2. The summed E-state index contributed by atoms with van der Waals surface area (Å²) in [6.45, 7) is 0.386. The lowest BCUT2D eigenvalue weighted by Gasteiger charge is -2.40. The highest BCUT2D eigenvalue weighted by Crippen LogP contribution is 2.49. The van der Waals surface area contributed by atoms with E-state index in [-0.39, 0.29) is 23.3 Å². The van der Waals surface area contributed by atoms with Gasteiger partial charge in [0.05, 0.1) is 29.2 Å². The van der Waals surface area contributed by atoms with Crippen molar-refractivity contribution in [1.29, 1.82) is 5.26 Å². The molecule has 1 saturated heterocycles. The quantitative estimate of drug-likeness (QED) is 0.528. The van der Waals surface area contributed by atoms with Crippen molar-refractivity contribution >= 4 is 37.2 Å². The van der Waals surface area contributed by atoms with Gasteiger partial charge in [-0.05, 0) is 66.9 Å². The molecular formula is C26H32N4O5S2. The van der Waals surface area contributed by atoms with Gasteiger partial charge in [-0.3, -0.25) is 4.79 Å². The Morgan fingerprint density at radius 1 is 1.05 bits per heavy atom. The molecular weight excluding hydrogens is 512 g/mol. The highest BCUT2D eigenvalue weighted by molar-refractivity contribution is 8.05. The Bertz CT molecular complexity index is 1380. The van der Waals surface area contributed by atoms with Gasteiger partial charge >= 0.3 is 0 Å². The number of rotatable bonds is 4. The molecule has 1 saturated carbocycles. The zero-order chi connectivity index (χ0) is 26.3. The zero-order valence-corrected chi connectivity index (χ0v) is 22.3. The Kier molecular flexibility index (Phi) is 6.94. The third-order valence-electron chi connectivity index (χ3n) is 8.12. The summed E-state index contributed by atoms with van der Waals surface area (Å²) in [5.41, 5.74) is 3.75. The highest BCUT2D eigenvalue weighted by Gasteiger charge is 2.37. The molecule has 2 aliphatic heterocycles. The zero-order valence-electron chi connectivity index (χ0n) is 20.6. The lowest BCUT2D eigenvalue weighted by molar-refractivity contribution is -0.113. The Morgan fingerprint density at radius 2 is 1.78 bits per heavy atom. The first-order chi connectivity index (χ1) is 17.6. The maximum atomic E-state index is 13.0. The number of hydrogen-bond acceptors (Lipinski definition) is 7. The molecule has 198 valence electrons. The summed E-state index contributed by atoms with van der Waals surface area (Å²) in [6.07, 6.45) is 13.0. The number of hydrogen-bond donors (Lipinski definition) is 3. The molecule has 0 radical (unpaired) electrons. The van der Waals surface area contributed by atoms with Gasteiger partial charge in [0.1, 0.15) is 0 Å². The van der Waals surface area contributed by atoms with Gasteiger partial charge in [-0.25, -0.2) is 16.8 Å². The highest BCUT2D eigenvalue weighted by atomic mass is 32.3. The van der Waals surface area contributed by atoms with E-state index in [0.717, 1.165) is 30.4 Å². The van der Waals surface area contributed by atoms with Crippen molar-refractivity contribution in [1.82, 2.24) is 9.44 Å². The van der Waals surface area contributed by atoms with Gasteiger partial charge < -0.3 is 10.6 Å². The van der Waals surface area contributed by atoms with E-state index in [1.165, 1.54) is 32.1 Å². The molecule has 37 heavy (non-hydrogen) atoms. The molecule has 1 atom stereocenters. The van der Waals surface area contributed by atoms with Gasteiger partial charge in [0.2, 0.25) is 20.0 Å². The van der Waals surface area contributed by atoms with E-state index in [1.54, 1.807) is 22.3 Å². The van der Waals surface area contributed by atoms with Crippen LogP contribution >= 0.6 is 0 Å². The largest absolute Gasteiger partial charge is 0.379 e. The molecule has 1 unspecified atom stereocenters. The summed E-state index contributed by atoms with van der Waals surface area (Å²) in [5.74, 6) is -2.04. The van der Waals surface area contributed by atoms with Crippen molar-refractivity contribution in [2.24, 2.45) is 11.3 Å². The fraction of sp³-hybridized carbons (Fsp3) is 0.538. The van der Waals surface area contributed by atoms with E-state index in [1.807, 2.05) is 6.07 Å². The van der Waals surface area contributed by atoms with Crippen LogP contribution in [0.25, 0.3) is 5.57 Å². The second-order valence-electron chi connectivity index (χ2n) is 10.8. The molecule has 3 N–H and O–H groups in total. The van der Waals surface area contributed by atoms with Crippen LogP contribution in [0, 0.1) is 22.7 Å². The molecule has 1 aromatic rings. The second kappa shape index (κ2) is 9.89. The third kappa shape index (κ3) is 5.76. The summed E-state index contributed by atoms with van der Waals surface area (Å²) in [5, 5.41) is 15.1. The van der Waals surface area contributed by atoms with Crippen LogP contribution in [0.4, 0.5) is 5.69 Å². The topological polar surface area (TPSA) is 145 Å². The first-order valence-electron chi connectivity index (χ1n) is 12.8. The van der Waals surface area contributed by atoms with E-state index in [2.05, 4.69) is 22.8 Å². The fourth-order valence-electron chi connectivity index (χ4n) is 6.13. The van der Waals surface area contributed by atoms with Crippen molar-refractivity contribution in [2.45, 2.75) is 57.3 Å². The number of nitriles is 1. The Labute approximate surface area is 218 Å². The average Bonchev–Trinajstić information content (AvgIpc) is 3.33. The van der Waals surface area contributed by atoms with Crippen LogP contribution < -0.4 is 14.8 Å². The standard InChI is InChI=1S/C26H32N4O5S2/c27-14-18-12-24(28-15-18)25(31)29-23-5-4-20(21-16-36(32,33)30-37(34,35)17-21)13-22(23)19-6-10-26(11-7-19)8-2-1-3-9-26/h4-6,12-13,18,21,28,30H,1-3,7-11,15-17H2,(H,29,31). The van der Waals surface area contributed by atoms with Gasteiger partial charge in [0.15, 0.2) is 0 Å². The molecule has 1 spiro atoms. The summed E-state index contributed by atoms with van der Waals surface area (Å²) in [4.78, 5) is 13.0. The molecule has 0 bridgehead atoms. The predicted octanol–water partition coefficient (Wildman–Crippen LogP) is 3.12. The van der Waals surface area contributed by atoms with Crippen molar-refractivity contribution < 1.29 is 21.6 Å². The lowest BCUT2D eigenvalue weighted by atomic mass is 9.65. The average molecular weight is 545 g/mol. The monoisotopic (exact) mass is 544 g/mol. The molecule has 11 heteroatoms. The molecule has 1 amide bonds. The summed E-state index contributed by atoms with van der Waals surface area (Å²) in [6, 6.07) is 7.40. The number of anilines is 1. The molecule has 2 aliphatic carbocycles. The van der Waals surface area contributed by atoms with Gasteiger partial charge in [-0.1, -0.05) is 31.4 Å². The number of nitrogens with one attached hydrogen (secondary N) is 3. The van der Waals surface area contributed by atoms with Crippen LogP contribution in [0.1, 0.15) is 68.4 Å². The molecule has 2 heterocycles. The fourth-order valence-corrected chi connectivity index (χ4v) is 10.1. The van der Waals surface area contributed by atoms with Crippen LogP contribution in [0.15, 0.2) is 36.0 Å². The Morgan fingerprint density at radius 3 is 2.41 bits per heavy atom. The minimum atomic E-state index is -3.96.